The highest BCUT2D eigenvalue weighted by Gasteiger charge is 2.25. The number of aromatic nitrogens is 2. The smallest absolute Gasteiger partial charge is 0.307 e. The number of benzene rings is 1. The Bertz CT molecular complexity index is 1040. The van der Waals surface area contributed by atoms with Gasteiger partial charge in [0.05, 0.1) is 13.0 Å². The van der Waals surface area contributed by atoms with Crippen LogP contribution in [0.15, 0.2) is 42.6 Å². The second kappa shape index (κ2) is 9.57. The summed E-state index contributed by atoms with van der Waals surface area (Å²) in [5.74, 6) is -0.422. The zero-order chi connectivity index (χ0) is 21.7. The third-order valence-electron chi connectivity index (χ3n) is 4.97. The minimum absolute atomic E-state index is 0.130. The number of rotatable bonds is 8. The predicted molar refractivity (Wildman–Crippen MR) is 118 cm³/mol. The summed E-state index contributed by atoms with van der Waals surface area (Å²) in [4.78, 5) is 32.0. The number of hydrogen-bond donors (Lipinski definition) is 0. The predicted octanol–water partition coefficient (Wildman–Crippen LogP) is 4.42. The van der Waals surface area contributed by atoms with E-state index in [1.54, 1.807) is 11.8 Å². The number of carbonyl (C=O) groups is 2. The van der Waals surface area contributed by atoms with Gasteiger partial charge in [0.1, 0.15) is 17.0 Å². The van der Waals surface area contributed by atoms with Gasteiger partial charge in [0.2, 0.25) is 0 Å². The number of imidazole rings is 1. The molecule has 0 unspecified atom stereocenters. The van der Waals surface area contributed by atoms with Crippen molar-refractivity contribution in [3.05, 3.63) is 59.4 Å². The number of amides is 1. The molecule has 6 nitrogen and oxygen atoms in total. The number of pyridine rings is 1. The molecule has 0 aliphatic heterocycles. The van der Waals surface area contributed by atoms with Crippen LogP contribution in [0.5, 0.6) is 0 Å². The van der Waals surface area contributed by atoms with E-state index in [1.807, 2.05) is 67.8 Å². The molecule has 0 aliphatic carbocycles. The maximum atomic E-state index is 13.7. The van der Waals surface area contributed by atoms with E-state index in [0.29, 0.717) is 31.1 Å². The van der Waals surface area contributed by atoms with Gasteiger partial charge in [0.15, 0.2) is 0 Å². The fourth-order valence-corrected chi connectivity index (χ4v) is 3.46. The third kappa shape index (κ3) is 4.70. The molecule has 0 fully saturated rings. The summed E-state index contributed by atoms with van der Waals surface area (Å²) in [7, 11) is 0. The van der Waals surface area contributed by atoms with Crippen LogP contribution in [0, 0.1) is 13.8 Å². The van der Waals surface area contributed by atoms with Crippen molar-refractivity contribution in [1.29, 1.82) is 0 Å². The number of nitrogens with zero attached hydrogens (tertiary/aromatic N) is 3. The Morgan fingerprint density at radius 3 is 2.37 bits per heavy atom. The first kappa shape index (κ1) is 21.6. The van der Waals surface area contributed by atoms with Gasteiger partial charge >= 0.3 is 5.97 Å². The normalized spacial score (nSPS) is 10.9. The molecule has 2 aromatic heterocycles. The second-order valence-electron chi connectivity index (χ2n) is 7.46. The molecule has 0 atom stereocenters. The molecular weight excluding hydrogens is 378 g/mol. The summed E-state index contributed by atoms with van der Waals surface area (Å²) in [5, 5.41) is 0. The SMILES string of the molecule is CCCN(CCC(=O)OCC)C(=O)c1c(-c2ccc(C)cc2)nc2ccc(C)cn12. The van der Waals surface area contributed by atoms with Crippen LogP contribution in [-0.2, 0) is 9.53 Å². The van der Waals surface area contributed by atoms with E-state index < -0.39 is 0 Å². The van der Waals surface area contributed by atoms with Crippen molar-refractivity contribution >= 4 is 17.5 Å². The summed E-state index contributed by atoms with van der Waals surface area (Å²) in [6.45, 7) is 9.03. The molecule has 30 heavy (non-hydrogen) atoms. The fourth-order valence-electron chi connectivity index (χ4n) is 3.46. The van der Waals surface area contributed by atoms with E-state index in [0.717, 1.165) is 28.8 Å². The largest absolute Gasteiger partial charge is 0.466 e. The van der Waals surface area contributed by atoms with Crippen molar-refractivity contribution in [3.63, 3.8) is 0 Å². The Morgan fingerprint density at radius 1 is 1.00 bits per heavy atom. The highest BCUT2D eigenvalue weighted by Crippen LogP contribution is 2.27. The van der Waals surface area contributed by atoms with E-state index in [2.05, 4.69) is 0 Å². The molecule has 0 spiro atoms. The van der Waals surface area contributed by atoms with Gasteiger partial charge in [0.25, 0.3) is 5.91 Å². The van der Waals surface area contributed by atoms with E-state index in [1.165, 1.54) is 0 Å². The molecule has 0 aliphatic rings. The fraction of sp³-hybridized carbons (Fsp3) is 0.375. The molecular formula is C24H29N3O3. The molecule has 3 rings (SSSR count). The van der Waals surface area contributed by atoms with Crippen molar-refractivity contribution in [2.75, 3.05) is 19.7 Å². The number of hydrogen-bond acceptors (Lipinski definition) is 4. The third-order valence-corrected chi connectivity index (χ3v) is 4.97. The molecule has 1 amide bonds. The topological polar surface area (TPSA) is 63.9 Å². The van der Waals surface area contributed by atoms with Gasteiger partial charge in [-0.3, -0.25) is 14.0 Å². The van der Waals surface area contributed by atoms with Crippen LogP contribution in [-0.4, -0.2) is 45.9 Å². The maximum Gasteiger partial charge on any atom is 0.307 e. The quantitative estimate of drug-likeness (QED) is 0.519. The molecule has 2 heterocycles. The number of esters is 1. The van der Waals surface area contributed by atoms with Crippen molar-refractivity contribution in [2.45, 2.75) is 40.5 Å². The van der Waals surface area contributed by atoms with Crippen molar-refractivity contribution in [1.82, 2.24) is 14.3 Å². The lowest BCUT2D eigenvalue weighted by Gasteiger charge is -2.22. The molecule has 0 saturated carbocycles. The molecule has 0 bridgehead atoms. The van der Waals surface area contributed by atoms with E-state index in [9.17, 15) is 9.59 Å². The van der Waals surface area contributed by atoms with Crippen LogP contribution >= 0.6 is 0 Å². The Labute approximate surface area is 177 Å². The van der Waals surface area contributed by atoms with Gasteiger partial charge in [-0.1, -0.05) is 42.8 Å². The van der Waals surface area contributed by atoms with Gasteiger partial charge < -0.3 is 9.64 Å². The molecule has 0 N–H and O–H groups in total. The van der Waals surface area contributed by atoms with Gasteiger partial charge in [-0.2, -0.15) is 0 Å². The van der Waals surface area contributed by atoms with Crippen LogP contribution in [0.1, 0.15) is 48.3 Å². The Hall–Kier alpha value is -3.15. The summed E-state index contributed by atoms with van der Waals surface area (Å²) < 4.78 is 6.90. The van der Waals surface area contributed by atoms with Gasteiger partial charge in [-0.05, 0) is 38.8 Å². The maximum absolute atomic E-state index is 13.7. The molecule has 6 heteroatoms. The zero-order valence-electron chi connectivity index (χ0n) is 18.1. The van der Waals surface area contributed by atoms with Crippen LogP contribution in [0.3, 0.4) is 0 Å². The highest BCUT2D eigenvalue weighted by molar-refractivity contribution is 6.00. The Balaban J connectivity index is 2.05. The lowest BCUT2D eigenvalue weighted by atomic mass is 10.1. The first-order chi connectivity index (χ1) is 14.4. The monoisotopic (exact) mass is 407 g/mol. The zero-order valence-corrected chi connectivity index (χ0v) is 18.1. The molecule has 1 aromatic carbocycles. The average Bonchev–Trinajstić information content (AvgIpc) is 3.09. The summed E-state index contributed by atoms with van der Waals surface area (Å²) in [6.07, 6.45) is 2.90. The van der Waals surface area contributed by atoms with E-state index in [-0.39, 0.29) is 18.3 Å². The van der Waals surface area contributed by atoms with Gasteiger partial charge in [-0.25, -0.2) is 4.98 Å². The number of aryl methyl sites for hydroxylation is 2. The second-order valence-corrected chi connectivity index (χ2v) is 7.46. The standard InChI is InChI=1S/C24H29N3O3/c1-5-14-26(15-13-21(28)30-6-2)24(29)23-22(19-10-7-17(3)8-11-19)25-20-12-9-18(4)16-27(20)23/h7-12,16H,5-6,13-15H2,1-4H3. The lowest BCUT2D eigenvalue weighted by molar-refractivity contribution is -0.143. The molecule has 0 saturated heterocycles. The number of carbonyl (C=O) groups excluding carboxylic acids is 2. The van der Waals surface area contributed by atoms with Crippen molar-refractivity contribution in [2.24, 2.45) is 0 Å². The van der Waals surface area contributed by atoms with Crippen LogP contribution in [0.4, 0.5) is 0 Å². The summed E-state index contributed by atoms with van der Waals surface area (Å²) in [5.41, 5.74) is 4.98. The van der Waals surface area contributed by atoms with Crippen LogP contribution in [0.2, 0.25) is 0 Å². The summed E-state index contributed by atoms with van der Waals surface area (Å²) in [6, 6.07) is 11.9. The minimum atomic E-state index is -0.292. The number of fused-ring (bicyclic) bond motifs is 1. The molecule has 3 aromatic rings. The van der Waals surface area contributed by atoms with E-state index in [4.69, 9.17) is 9.72 Å². The first-order valence-corrected chi connectivity index (χ1v) is 10.4. The lowest BCUT2D eigenvalue weighted by Crippen LogP contribution is -2.35. The molecule has 158 valence electrons. The highest BCUT2D eigenvalue weighted by atomic mass is 16.5. The van der Waals surface area contributed by atoms with E-state index >= 15 is 0 Å². The minimum Gasteiger partial charge on any atom is -0.466 e. The van der Waals surface area contributed by atoms with Crippen molar-refractivity contribution in [3.8, 4) is 11.3 Å². The van der Waals surface area contributed by atoms with Gasteiger partial charge in [0, 0.05) is 24.8 Å². The van der Waals surface area contributed by atoms with Crippen LogP contribution in [0.25, 0.3) is 16.9 Å². The molecule has 0 radical (unpaired) electrons. The van der Waals surface area contributed by atoms with Crippen molar-refractivity contribution < 1.29 is 14.3 Å². The Morgan fingerprint density at radius 2 is 1.70 bits per heavy atom. The summed E-state index contributed by atoms with van der Waals surface area (Å²) >= 11 is 0. The average molecular weight is 408 g/mol. The Kier molecular flexibility index (Phi) is 6.87. The van der Waals surface area contributed by atoms with Crippen LogP contribution < -0.4 is 0 Å². The number of ether oxygens (including phenoxy) is 1. The first-order valence-electron chi connectivity index (χ1n) is 10.4. The van der Waals surface area contributed by atoms with Gasteiger partial charge in [-0.15, -0.1) is 0 Å².